The number of nitrogen functional groups attached to an aromatic ring is 1. The molecule has 3 aromatic rings. The molecule has 0 aliphatic carbocycles. The van der Waals surface area contributed by atoms with Gasteiger partial charge in [-0.2, -0.15) is 0 Å². The third kappa shape index (κ3) is 2.25. The molecule has 6 heteroatoms. The van der Waals surface area contributed by atoms with E-state index in [1.54, 1.807) is 26.5 Å². The first-order valence-electron chi connectivity index (χ1n) is 6.29. The molecule has 0 spiro atoms. The number of imidazole rings is 1. The summed E-state index contributed by atoms with van der Waals surface area (Å²) in [5.74, 6) is 1.66. The van der Waals surface area contributed by atoms with Gasteiger partial charge >= 0.3 is 0 Å². The minimum Gasteiger partial charge on any atom is -0.493 e. The van der Waals surface area contributed by atoms with Gasteiger partial charge in [-0.05, 0) is 18.2 Å². The number of fused-ring (bicyclic) bond motifs is 1. The monoisotopic (exact) mass is 303 g/mol. The quantitative estimate of drug-likeness (QED) is 0.807. The van der Waals surface area contributed by atoms with Crippen molar-refractivity contribution in [2.75, 3.05) is 20.0 Å². The molecule has 0 aliphatic heterocycles. The summed E-state index contributed by atoms with van der Waals surface area (Å²) in [5.41, 5.74) is 8.22. The molecule has 108 valence electrons. The first kappa shape index (κ1) is 13.6. The second-order valence-corrected chi connectivity index (χ2v) is 4.90. The van der Waals surface area contributed by atoms with Crippen LogP contribution in [0.3, 0.4) is 0 Å². The fourth-order valence-corrected chi connectivity index (χ4v) is 2.55. The van der Waals surface area contributed by atoms with Gasteiger partial charge in [-0.25, -0.2) is 4.98 Å². The fourth-order valence-electron chi connectivity index (χ4n) is 2.30. The Balaban J connectivity index is 2.27. The summed E-state index contributed by atoms with van der Waals surface area (Å²) in [6.07, 6.45) is 1.76. The minimum absolute atomic E-state index is 0.457. The van der Waals surface area contributed by atoms with Crippen molar-refractivity contribution in [2.24, 2.45) is 0 Å². The smallest absolute Gasteiger partial charge is 0.162 e. The lowest BCUT2D eigenvalue weighted by molar-refractivity contribution is 0.355. The molecule has 0 aliphatic rings. The van der Waals surface area contributed by atoms with Crippen LogP contribution < -0.4 is 15.2 Å². The zero-order valence-electron chi connectivity index (χ0n) is 11.6. The topological polar surface area (TPSA) is 61.8 Å². The largest absolute Gasteiger partial charge is 0.493 e. The molecule has 1 aromatic carbocycles. The Bertz CT molecular complexity index is 814. The van der Waals surface area contributed by atoms with Crippen LogP contribution in [0.1, 0.15) is 0 Å². The van der Waals surface area contributed by atoms with E-state index in [9.17, 15) is 0 Å². The van der Waals surface area contributed by atoms with E-state index in [0.717, 1.165) is 16.9 Å². The summed E-state index contributed by atoms with van der Waals surface area (Å²) in [4.78, 5) is 4.25. The average molecular weight is 304 g/mol. The van der Waals surface area contributed by atoms with Crippen LogP contribution in [-0.2, 0) is 0 Å². The molecule has 0 unspecified atom stereocenters. The molecule has 0 atom stereocenters. The van der Waals surface area contributed by atoms with Crippen molar-refractivity contribution in [3.63, 3.8) is 0 Å². The van der Waals surface area contributed by atoms with Crippen LogP contribution in [0.4, 0.5) is 5.82 Å². The van der Waals surface area contributed by atoms with Crippen molar-refractivity contribution in [3.05, 3.63) is 41.6 Å². The van der Waals surface area contributed by atoms with Gasteiger partial charge in [0.25, 0.3) is 0 Å². The number of nitrogens with zero attached hydrogens (tertiary/aromatic N) is 2. The summed E-state index contributed by atoms with van der Waals surface area (Å²) in [5, 5.41) is 0.562. The Hall–Kier alpha value is -2.40. The zero-order valence-corrected chi connectivity index (χ0v) is 12.4. The van der Waals surface area contributed by atoms with Crippen LogP contribution in [0.2, 0.25) is 5.02 Å². The lowest BCUT2D eigenvalue weighted by atomic mass is 10.1. The van der Waals surface area contributed by atoms with Crippen LogP contribution in [0.5, 0.6) is 11.5 Å². The molecule has 3 rings (SSSR count). The van der Waals surface area contributed by atoms with E-state index in [4.69, 9.17) is 26.8 Å². The third-order valence-corrected chi connectivity index (χ3v) is 3.57. The molecule has 0 bridgehead atoms. The van der Waals surface area contributed by atoms with Crippen LogP contribution >= 0.6 is 11.6 Å². The fraction of sp³-hybridized carbons (Fsp3) is 0.133. The molecule has 2 heterocycles. The summed E-state index contributed by atoms with van der Waals surface area (Å²) >= 11 is 6.38. The molecule has 21 heavy (non-hydrogen) atoms. The number of pyridine rings is 1. The molecule has 0 amide bonds. The first-order chi connectivity index (χ1) is 10.1. The van der Waals surface area contributed by atoms with Crippen molar-refractivity contribution >= 4 is 23.1 Å². The number of nitrogens with two attached hydrogens (primary N) is 1. The average Bonchev–Trinajstić information content (AvgIpc) is 2.87. The number of hydrogen-bond acceptors (Lipinski definition) is 4. The molecule has 5 nitrogen and oxygen atoms in total. The number of ether oxygens (including phenoxy) is 2. The maximum atomic E-state index is 6.38. The van der Waals surface area contributed by atoms with Crippen molar-refractivity contribution in [2.45, 2.75) is 0 Å². The lowest BCUT2D eigenvalue weighted by Crippen LogP contribution is -1.95. The standard InChI is InChI=1S/C15H14ClN3O2/c1-20-12-6-9(10(16)7-13(12)21-2)11-4-3-5-15-18-14(17)8-19(11)15/h3-8H,17H2,1-2H3. The summed E-state index contributed by atoms with van der Waals surface area (Å²) in [6, 6.07) is 9.31. The number of methoxy groups -OCH3 is 2. The predicted molar refractivity (Wildman–Crippen MR) is 83.2 cm³/mol. The molecule has 2 aromatic heterocycles. The van der Waals surface area contributed by atoms with Crippen LogP contribution in [-0.4, -0.2) is 23.6 Å². The molecule has 0 fully saturated rings. The maximum absolute atomic E-state index is 6.38. The number of rotatable bonds is 3. The number of halogens is 1. The first-order valence-corrected chi connectivity index (χ1v) is 6.67. The molecule has 0 radical (unpaired) electrons. The van der Waals surface area contributed by atoms with Crippen molar-refractivity contribution in [1.29, 1.82) is 0 Å². The molecule has 2 N–H and O–H groups in total. The normalized spacial score (nSPS) is 10.8. The van der Waals surface area contributed by atoms with Crippen LogP contribution in [0.15, 0.2) is 36.5 Å². The summed E-state index contributed by atoms with van der Waals surface area (Å²) in [7, 11) is 3.16. The van der Waals surface area contributed by atoms with E-state index in [0.29, 0.717) is 22.3 Å². The molecular weight excluding hydrogens is 290 g/mol. The number of anilines is 1. The van der Waals surface area contributed by atoms with Crippen molar-refractivity contribution in [3.8, 4) is 22.8 Å². The SMILES string of the molecule is COc1cc(Cl)c(-c2cccc3nc(N)cn23)cc1OC. The minimum atomic E-state index is 0.457. The Morgan fingerprint density at radius 2 is 1.86 bits per heavy atom. The Labute approximate surface area is 126 Å². The maximum Gasteiger partial charge on any atom is 0.162 e. The molecule has 0 saturated carbocycles. The molecular formula is C15H14ClN3O2. The van der Waals surface area contributed by atoms with E-state index >= 15 is 0 Å². The predicted octanol–water partition coefficient (Wildman–Crippen LogP) is 3.25. The highest BCUT2D eigenvalue weighted by atomic mass is 35.5. The summed E-state index contributed by atoms with van der Waals surface area (Å²) in [6.45, 7) is 0. The number of hydrogen-bond donors (Lipinski definition) is 1. The highest BCUT2D eigenvalue weighted by Crippen LogP contribution is 2.38. The van der Waals surface area contributed by atoms with Crippen molar-refractivity contribution in [1.82, 2.24) is 9.38 Å². The van der Waals surface area contributed by atoms with Gasteiger partial charge in [0.2, 0.25) is 0 Å². The third-order valence-electron chi connectivity index (χ3n) is 3.26. The van der Waals surface area contributed by atoms with E-state index in [1.807, 2.05) is 28.7 Å². The highest BCUT2D eigenvalue weighted by Gasteiger charge is 2.14. The van der Waals surface area contributed by atoms with Crippen LogP contribution in [0, 0.1) is 0 Å². The Kier molecular flexibility index (Phi) is 3.35. The second kappa shape index (κ2) is 5.18. The Morgan fingerprint density at radius 1 is 1.14 bits per heavy atom. The van der Waals surface area contributed by atoms with Gasteiger partial charge in [0, 0.05) is 11.6 Å². The van der Waals surface area contributed by atoms with Gasteiger partial charge in [-0.15, -0.1) is 0 Å². The second-order valence-electron chi connectivity index (χ2n) is 4.49. The Morgan fingerprint density at radius 3 is 2.57 bits per heavy atom. The van der Waals surface area contributed by atoms with E-state index < -0.39 is 0 Å². The van der Waals surface area contributed by atoms with Gasteiger partial charge in [-0.1, -0.05) is 17.7 Å². The van der Waals surface area contributed by atoms with Crippen molar-refractivity contribution < 1.29 is 9.47 Å². The van der Waals surface area contributed by atoms with E-state index in [2.05, 4.69) is 4.98 Å². The molecule has 0 saturated heterocycles. The zero-order chi connectivity index (χ0) is 15.0. The van der Waals surface area contributed by atoms with E-state index in [1.165, 1.54) is 0 Å². The van der Waals surface area contributed by atoms with Gasteiger partial charge < -0.3 is 15.2 Å². The van der Waals surface area contributed by atoms with Gasteiger partial charge in [-0.3, -0.25) is 4.40 Å². The van der Waals surface area contributed by atoms with Crippen LogP contribution in [0.25, 0.3) is 16.9 Å². The summed E-state index contributed by atoms with van der Waals surface area (Å²) < 4.78 is 12.5. The lowest BCUT2D eigenvalue weighted by Gasteiger charge is -2.13. The van der Waals surface area contributed by atoms with Gasteiger partial charge in [0.05, 0.1) is 31.1 Å². The van der Waals surface area contributed by atoms with E-state index in [-0.39, 0.29) is 0 Å². The van der Waals surface area contributed by atoms with Gasteiger partial charge in [0.15, 0.2) is 11.5 Å². The number of aromatic nitrogens is 2. The van der Waals surface area contributed by atoms with Gasteiger partial charge in [0.1, 0.15) is 11.5 Å². The number of benzene rings is 1. The highest BCUT2D eigenvalue weighted by molar-refractivity contribution is 6.33.